The van der Waals surface area contributed by atoms with Gasteiger partial charge >= 0.3 is 0 Å². The van der Waals surface area contributed by atoms with Crippen LogP contribution in [0.3, 0.4) is 0 Å². The van der Waals surface area contributed by atoms with Gasteiger partial charge in [-0.2, -0.15) is 0 Å². The van der Waals surface area contributed by atoms with Crippen LogP contribution in [-0.2, 0) is 0 Å². The van der Waals surface area contributed by atoms with Gasteiger partial charge in [0.1, 0.15) is 5.82 Å². The minimum atomic E-state index is -0.149. The molecule has 0 amide bonds. The molecule has 1 atom stereocenters. The predicted molar refractivity (Wildman–Crippen MR) is 82.2 cm³/mol. The van der Waals surface area contributed by atoms with Crippen LogP contribution in [0.1, 0.15) is 27.2 Å². The zero-order chi connectivity index (χ0) is 14.0. The first-order chi connectivity index (χ1) is 8.89. The monoisotopic (exact) mass is 328 g/mol. The van der Waals surface area contributed by atoms with Crippen molar-refractivity contribution in [3.05, 3.63) is 28.5 Å². The summed E-state index contributed by atoms with van der Waals surface area (Å²) in [5, 5.41) is 3.58. The predicted octanol–water partition coefficient (Wildman–Crippen LogP) is 3.80. The first-order valence-electron chi connectivity index (χ1n) is 6.82. The van der Waals surface area contributed by atoms with E-state index in [1.54, 1.807) is 6.07 Å². The van der Waals surface area contributed by atoms with Crippen LogP contribution in [0.5, 0.6) is 0 Å². The molecule has 106 valence electrons. The fourth-order valence-corrected chi connectivity index (χ4v) is 3.09. The van der Waals surface area contributed by atoms with E-state index in [-0.39, 0.29) is 11.2 Å². The highest BCUT2D eigenvalue weighted by Gasteiger charge is 2.29. The zero-order valence-corrected chi connectivity index (χ0v) is 13.4. The second-order valence-electron chi connectivity index (χ2n) is 6.24. The summed E-state index contributed by atoms with van der Waals surface area (Å²) in [6.45, 7) is 9.40. The van der Waals surface area contributed by atoms with Gasteiger partial charge in [0.05, 0.1) is 5.69 Å². The summed E-state index contributed by atoms with van der Waals surface area (Å²) in [4.78, 5) is 2.16. The van der Waals surface area contributed by atoms with E-state index in [0.29, 0.717) is 11.7 Å². The Bertz CT molecular complexity index is 422. The molecule has 1 aromatic carbocycles. The van der Waals surface area contributed by atoms with Gasteiger partial charge in [0, 0.05) is 23.6 Å². The first kappa shape index (κ1) is 14.8. The largest absolute Gasteiger partial charge is 0.367 e. The number of halogens is 2. The van der Waals surface area contributed by atoms with Crippen LogP contribution in [-0.4, -0.2) is 25.7 Å². The Balaban J connectivity index is 2.28. The fourth-order valence-electron chi connectivity index (χ4n) is 2.50. The number of nitrogens with zero attached hydrogens (tertiary/aromatic N) is 1. The maximum absolute atomic E-state index is 14.1. The number of hydrogen-bond acceptors (Lipinski definition) is 2. The SMILES string of the molecule is CC(C)(C)C1CN(c2c(F)cccc2Br)CCCN1. The topological polar surface area (TPSA) is 15.3 Å². The molecule has 1 N–H and O–H groups in total. The smallest absolute Gasteiger partial charge is 0.147 e. The lowest BCUT2D eigenvalue weighted by atomic mass is 9.86. The molecular weight excluding hydrogens is 307 g/mol. The van der Waals surface area contributed by atoms with E-state index >= 15 is 0 Å². The minimum absolute atomic E-state index is 0.149. The average molecular weight is 329 g/mol. The Morgan fingerprint density at radius 1 is 1.37 bits per heavy atom. The second-order valence-corrected chi connectivity index (χ2v) is 7.10. The van der Waals surface area contributed by atoms with Crippen LogP contribution in [0.4, 0.5) is 10.1 Å². The van der Waals surface area contributed by atoms with E-state index in [1.165, 1.54) is 6.07 Å². The van der Waals surface area contributed by atoms with Crippen LogP contribution in [0.2, 0.25) is 0 Å². The van der Waals surface area contributed by atoms with Gasteiger partial charge in [-0.1, -0.05) is 26.8 Å². The Hall–Kier alpha value is -0.610. The van der Waals surface area contributed by atoms with Gasteiger partial charge in [-0.05, 0) is 46.4 Å². The molecule has 0 aromatic heterocycles. The van der Waals surface area contributed by atoms with E-state index in [4.69, 9.17) is 0 Å². The van der Waals surface area contributed by atoms with Crippen molar-refractivity contribution in [1.82, 2.24) is 5.32 Å². The second kappa shape index (κ2) is 5.80. The van der Waals surface area contributed by atoms with Crippen molar-refractivity contribution >= 4 is 21.6 Å². The summed E-state index contributed by atoms with van der Waals surface area (Å²) in [7, 11) is 0. The molecule has 0 saturated carbocycles. The Kier molecular flexibility index (Phi) is 4.51. The van der Waals surface area contributed by atoms with E-state index in [0.717, 1.165) is 30.5 Å². The highest BCUT2D eigenvalue weighted by atomic mass is 79.9. The van der Waals surface area contributed by atoms with Crippen molar-refractivity contribution in [2.75, 3.05) is 24.5 Å². The molecule has 0 radical (unpaired) electrons. The van der Waals surface area contributed by atoms with Crippen molar-refractivity contribution < 1.29 is 4.39 Å². The van der Waals surface area contributed by atoms with Crippen molar-refractivity contribution in [2.24, 2.45) is 5.41 Å². The summed E-state index contributed by atoms with van der Waals surface area (Å²) in [5.41, 5.74) is 0.862. The number of para-hydroxylation sites is 1. The van der Waals surface area contributed by atoms with Crippen LogP contribution in [0.15, 0.2) is 22.7 Å². The normalized spacial score (nSPS) is 21.3. The molecule has 0 bridgehead atoms. The molecule has 1 aromatic rings. The summed E-state index contributed by atoms with van der Waals surface area (Å²) in [5.74, 6) is -0.149. The average Bonchev–Trinajstić information content (AvgIpc) is 2.54. The summed E-state index contributed by atoms with van der Waals surface area (Å²) < 4.78 is 14.9. The highest BCUT2D eigenvalue weighted by molar-refractivity contribution is 9.10. The molecule has 0 aliphatic carbocycles. The number of hydrogen-bond donors (Lipinski definition) is 1. The number of rotatable bonds is 1. The maximum Gasteiger partial charge on any atom is 0.147 e. The lowest BCUT2D eigenvalue weighted by molar-refractivity contribution is 0.280. The zero-order valence-electron chi connectivity index (χ0n) is 11.8. The molecule has 1 heterocycles. The lowest BCUT2D eigenvalue weighted by Gasteiger charge is -2.35. The third kappa shape index (κ3) is 3.48. The summed E-state index contributed by atoms with van der Waals surface area (Å²) >= 11 is 3.48. The molecule has 4 heteroatoms. The van der Waals surface area contributed by atoms with Crippen LogP contribution in [0.25, 0.3) is 0 Å². The van der Waals surface area contributed by atoms with Gasteiger partial charge in [-0.15, -0.1) is 0 Å². The van der Waals surface area contributed by atoms with Crippen molar-refractivity contribution in [3.8, 4) is 0 Å². The van der Waals surface area contributed by atoms with Crippen LogP contribution in [0, 0.1) is 11.2 Å². The van der Waals surface area contributed by atoms with Crippen molar-refractivity contribution in [2.45, 2.75) is 33.2 Å². The van der Waals surface area contributed by atoms with Gasteiger partial charge in [0.2, 0.25) is 0 Å². The molecule has 2 rings (SSSR count). The van der Waals surface area contributed by atoms with E-state index in [2.05, 4.69) is 46.9 Å². The molecule has 1 aliphatic heterocycles. The van der Waals surface area contributed by atoms with Crippen molar-refractivity contribution in [1.29, 1.82) is 0 Å². The first-order valence-corrected chi connectivity index (χ1v) is 7.61. The van der Waals surface area contributed by atoms with Gasteiger partial charge in [-0.25, -0.2) is 4.39 Å². The number of benzene rings is 1. The van der Waals surface area contributed by atoms with Crippen molar-refractivity contribution in [3.63, 3.8) is 0 Å². The van der Waals surface area contributed by atoms with Gasteiger partial charge in [0.15, 0.2) is 0 Å². The Morgan fingerprint density at radius 3 is 2.74 bits per heavy atom. The summed E-state index contributed by atoms with van der Waals surface area (Å²) in [6.07, 6.45) is 1.04. The fraction of sp³-hybridized carbons (Fsp3) is 0.600. The number of nitrogens with one attached hydrogen (secondary N) is 1. The molecule has 1 aliphatic rings. The third-order valence-electron chi connectivity index (χ3n) is 3.70. The maximum atomic E-state index is 14.1. The van der Waals surface area contributed by atoms with E-state index in [9.17, 15) is 4.39 Å². The van der Waals surface area contributed by atoms with Crippen LogP contribution >= 0.6 is 15.9 Å². The summed E-state index contributed by atoms with van der Waals surface area (Å²) in [6, 6.07) is 5.54. The third-order valence-corrected chi connectivity index (χ3v) is 4.34. The minimum Gasteiger partial charge on any atom is -0.367 e. The van der Waals surface area contributed by atoms with Gasteiger partial charge < -0.3 is 10.2 Å². The lowest BCUT2D eigenvalue weighted by Crippen LogP contribution is -2.46. The Labute approximate surface area is 123 Å². The van der Waals surface area contributed by atoms with Crippen LogP contribution < -0.4 is 10.2 Å². The molecule has 2 nitrogen and oxygen atoms in total. The highest BCUT2D eigenvalue weighted by Crippen LogP contribution is 2.32. The quantitative estimate of drug-likeness (QED) is 0.843. The number of anilines is 1. The molecule has 19 heavy (non-hydrogen) atoms. The molecule has 1 saturated heterocycles. The molecular formula is C15H22BrFN2. The Morgan fingerprint density at radius 2 is 2.11 bits per heavy atom. The molecule has 1 unspecified atom stereocenters. The van der Waals surface area contributed by atoms with Gasteiger partial charge in [-0.3, -0.25) is 0 Å². The van der Waals surface area contributed by atoms with Gasteiger partial charge in [0.25, 0.3) is 0 Å². The standard InChI is InChI=1S/C15H22BrFN2/c1-15(2,3)13-10-19(9-5-8-18-13)14-11(16)6-4-7-12(14)17/h4,6-7,13,18H,5,8-10H2,1-3H3. The van der Waals surface area contributed by atoms with E-state index in [1.807, 2.05) is 6.07 Å². The van der Waals surface area contributed by atoms with E-state index < -0.39 is 0 Å². The molecule has 1 fully saturated rings. The molecule has 0 spiro atoms.